The smallest absolute Gasteiger partial charge is 0.134 e. The Morgan fingerprint density at radius 2 is 1.94 bits per heavy atom. The summed E-state index contributed by atoms with van der Waals surface area (Å²) >= 11 is 5.91. The van der Waals surface area contributed by atoms with Crippen LogP contribution in [0.1, 0.15) is 5.56 Å². The monoisotopic (exact) mass is 252 g/mol. The molecule has 0 saturated heterocycles. The van der Waals surface area contributed by atoms with Crippen molar-refractivity contribution in [1.29, 1.82) is 0 Å². The van der Waals surface area contributed by atoms with E-state index in [0.29, 0.717) is 22.1 Å². The number of aliphatic hydroxyl groups is 1. The van der Waals surface area contributed by atoms with Crippen LogP contribution < -0.4 is 4.74 Å². The lowest BCUT2D eigenvalue weighted by atomic mass is 10.2. The molecule has 2 nitrogen and oxygen atoms in total. The Kier molecular flexibility index (Phi) is 3.61. The van der Waals surface area contributed by atoms with Gasteiger partial charge in [-0.3, -0.25) is 0 Å². The minimum absolute atomic E-state index is 0.232. The van der Waals surface area contributed by atoms with Crippen molar-refractivity contribution >= 4 is 11.6 Å². The zero-order chi connectivity index (χ0) is 12.3. The first-order chi connectivity index (χ1) is 8.20. The van der Waals surface area contributed by atoms with E-state index in [1.807, 2.05) is 0 Å². The molecule has 0 heterocycles. The van der Waals surface area contributed by atoms with Gasteiger partial charge in [-0.25, -0.2) is 4.39 Å². The quantitative estimate of drug-likeness (QED) is 0.901. The van der Waals surface area contributed by atoms with Crippen LogP contribution in [0.3, 0.4) is 0 Å². The predicted octanol–water partition coefficient (Wildman–Crippen LogP) is 3.76. The molecule has 2 rings (SSSR count). The molecule has 0 radical (unpaired) electrons. The van der Waals surface area contributed by atoms with Crippen LogP contribution in [0.15, 0.2) is 42.5 Å². The molecule has 0 aromatic heterocycles. The summed E-state index contributed by atoms with van der Waals surface area (Å²) in [4.78, 5) is 0. The second-order valence-corrected chi connectivity index (χ2v) is 3.84. The van der Waals surface area contributed by atoms with Gasteiger partial charge in [0.25, 0.3) is 0 Å². The van der Waals surface area contributed by atoms with E-state index in [2.05, 4.69) is 0 Å². The molecule has 0 amide bonds. The average molecular weight is 253 g/mol. The first kappa shape index (κ1) is 11.9. The standard InChI is InChI=1S/C13H10ClFO2/c14-12-5-2-6-13(11(12)8-16)17-10-4-1-3-9(15)7-10/h1-7,16H,8H2. The molecular weight excluding hydrogens is 243 g/mol. The molecular formula is C13H10ClFO2. The van der Waals surface area contributed by atoms with Crippen LogP contribution in [0.5, 0.6) is 11.5 Å². The van der Waals surface area contributed by atoms with E-state index in [0.717, 1.165) is 0 Å². The van der Waals surface area contributed by atoms with Gasteiger partial charge in [0.1, 0.15) is 17.3 Å². The third kappa shape index (κ3) is 2.75. The van der Waals surface area contributed by atoms with Crippen LogP contribution in [0.4, 0.5) is 4.39 Å². The Morgan fingerprint density at radius 1 is 1.18 bits per heavy atom. The Labute approximate surface area is 103 Å². The van der Waals surface area contributed by atoms with Gasteiger partial charge in [0.05, 0.1) is 6.61 Å². The molecule has 17 heavy (non-hydrogen) atoms. The lowest BCUT2D eigenvalue weighted by Gasteiger charge is -2.10. The van der Waals surface area contributed by atoms with Crippen LogP contribution in [-0.2, 0) is 6.61 Å². The van der Waals surface area contributed by atoms with Crippen molar-refractivity contribution in [3.63, 3.8) is 0 Å². The molecule has 1 N–H and O–H groups in total. The highest BCUT2D eigenvalue weighted by Gasteiger charge is 2.08. The van der Waals surface area contributed by atoms with Crippen molar-refractivity contribution in [3.8, 4) is 11.5 Å². The fourth-order valence-corrected chi connectivity index (χ4v) is 1.67. The lowest BCUT2D eigenvalue weighted by molar-refractivity contribution is 0.276. The Hall–Kier alpha value is -1.58. The van der Waals surface area contributed by atoms with E-state index in [9.17, 15) is 9.50 Å². The van der Waals surface area contributed by atoms with E-state index in [-0.39, 0.29) is 12.4 Å². The Bertz CT molecular complexity index is 529. The van der Waals surface area contributed by atoms with Crippen LogP contribution in [0, 0.1) is 5.82 Å². The molecule has 0 fully saturated rings. The van der Waals surface area contributed by atoms with E-state index < -0.39 is 0 Å². The number of aliphatic hydroxyl groups excluding tert-OH is 1. The number of rotatable bonds is 3. The van der Waals surface area contributed by atoms with E-state index >= 15 is 0 Å². The number of ether oxygens (including phenoxy) is 1. The van der Waals surface area contributed by atoms with Gasteiger partial charge < -0.3 is 9.84 Å². The number of halogens is 2. The molecule has 0 unspecified atom stereocenters. The fourth-order valence-electron chi connectivity index (χ4n) is 1.45. The van der Waals surface area contributed by atoms with Crippen molar-refractivity contribution in [1.82, 2.24) is 0 Å². The van der Waals surface area contributed by atoms with Crippen molar-refractivity contribution < 1.29 is 14.2 Å². The molecule has 0 spiro atoms. The van der Waals surface area contributed by atoms with Gasteiger partial charge in [-0.15, -0.1) is 0 Å². The number of hydrogen-bond donors (Lipinski definition) is 1. The maximum atomic E-state index is 13.0. The van der Waals surface area contributed by atoms with Crippen LogP contribution in [-0.4, -0.2) is 5.11 Å². The van der Waals surface area contributed by atoms with E-state index in [4.69, 9.17) is 16.3 Å². The van der Waals surface area contributed by atoms with Gasteiger partial charge in [0, 0.05) is 16.7 Å². The van der Waals surface area contributed by atoms with Crippen molar-refractivity contribution in [2.45, 2.75) is 6.61 Å². The SMILES string of the molecule is OCc1c(Cl)cccc1Oc1cccc(F)c1. The van der Waals surface area contributed by atoms with Crippen LogP contribution >= 0.6 is 11.6 Å². The summed E-state index contributed by atoms with van der Waals surface area (Å²) < 4.78 is 18.5. The zero-order valence-corrected chi connectivity index (χ0v) is 9.62. The second kappa shape index (κ2) is 5.17. The molecule has 0 aliphatic carbocycles. The molecule has 2 aromatic rings. The highest BCUT2D eigenvalue weighted by atomic mass is 35.5. The summed E-state index contributed by atoms with van der Waals surface area (Å²) in [7, 11) is 0. The van der Waals surface area contributed by atoms with E-state index in [1.54, 1.807) is 30.3 Å². The fraction of sp³-hybridized carbons (Fsp3) is 0.0769. The molecule has 0 saturated carbocycles. The molecule has 0 bridgehead atoms. The Balaban J connectivity index is 2.33. The maximum absolute atomic E-state index is 13.0. The van der Waals surface area contributed by atoms with Crippen LogP contribution in [0.2, 0.25) is 5.02 Å². The maximum Gasteiger partial charge on any atom is 0.134 e. The summed E-state index contributed by atoms with van der Waals surface area (Å²) in [5, 5.41) is 9.61. The molecule has 4 heteroatoms. The topological polar surface area (TPSA) is 29.5 Å². The third-order valence-corrected chi connectivity index (χ3v) is 2.61. The van der Waals surface area contributed by atoms with Gasteiger partial charge in [0.15, 0.2) is 0 Å². The van der Waals surface area contributed by atoms with E-state index in [1.165, 1.54) is 12.1 Å². The molecule has 0 atom stereocenters. The van der Waals surface area contributed by atoms with Gasteiger partial charge in [-0.2, -0.15) is 0 Å². The third-order valence-electron chi connectivity index (χ3n) is 2.26. The van der Waals surface area contributed by atoms with Gasteiger partial charge in [-0.05, 0) is 24.3 Å². The lowest BCUT2D eigenvalue weighted by Crippen LogP contribution is -1.93. The molecule has 0 aliphatic rings. The van der Waals surface area contributed by atoms with Gasteiger partial charge >= 0.3 is 0 Å². The Morgan fingerprint density at radius 3 is 2.65 bits per heavy atom. The number of benzene rings is 2. The molecule has 88 valence electrons. The normalized spacial score (nSPS) is 10.3. The molecule has 2 aromatic carbocycles. The summed E-state index contributed by atoms with van der Waals surface area (Å²) in [6.45, 7) is -0.232. The highest BCUT2D eigenvalue weighted by Crippen LogP contribution is 2.30. The van der Waals surface area contributed by atoms with Crippen LogP contribution in [0.25, 0.3) is 0 Å². The zero-order valence-electron chi connectivity index (χ0n) is 8.86. The van der Waals surface area contributed by atoms with Crippen molar-refractivity contribution in [2.75, 3.05) is 0 Å². The first-order valence-corrected chi connectivity index (χ1v) is 5.40. The molecule has 0 aliphatic heterocycles. The van der Waals surface area contributed by atoms with Gasteiger partial charge in [-0.1, -0.05) is 23.7 Å². The summed E-state index contributed by atoms with van der Waals surface area (Å²) in [6, 6.07) is 10.8. The highest BCUT2D eigenvalue weighted by molar-refractivity contribution is 6.31. The van der Waals surface area contributed by atoms with Crippen molar-refractivity contribution in [3.05, 3.63) is 58.9 Å². The minimum Gasteiger partial charge on any atom is -0.457 e. The predicted molar refractivity (Wildman–Crippen MR) is 63.8 cm³/mol. The summed E-state index contributed by atoms with van der Waals surface area (Å²) in [6.07, 6.45) is 0. The summed E-state index contributed by atoms with van der Waals surface area (Å²) in [5.74, 6) is 0.405. The average Bonchev–Trinajstić information content (AvgIpc) is 2.29. The first-order valence-electron chi connectivity index (χ1n) is 5.02. The largest absolute Gasteiger partial charge is 0.457 e. The van der Waals surface area contributed by atoms with Crippen molar-refractivity contribution in [2.24, 2.45) is 0 Å². The minimum atomic E-state index is -0.380. The number of hydrogen-bond acceptors (Lipinski definition) is 2. The van der Waals surface area contributed by atoms with Gasteiger partial charge in [0.2, 0.25) is 0 Å². The summed E-state index contributed by atoms with van der Waals surface area (Å²) in [5.41, 5.74) is 0.485. The second-order valence-electron chi connectivity index (χ2n) is 3.43.